The van der Waals surface area contributed by atoms with E-state index in [1.807, 2.05) is 22.7 Å². The van der Waals surface area contributed by atoms with Crippen molar-refractivity contribution in [3.05, 3.63) is 200 Å². The van der Waals surface area contributed by atoms with E-state index >= 15 is 0 Å². The quantitative estimate of drug-likeness (QED) is 0.158. The van der Waals surface area contributed by atoms with Crippen molar-refractivity contribution >= 4 is 112 Å². The molecule has 12 rings (SSSR count). The predicted octanol–water partition coefficient (Wildman–Crippen LogP) is 16.7. The molecule has 0 aliphatic rings. The third-order valence-electron chi connectivity index (χ3n) is 11.7. The minimum atomic E-state index is 1.12. The van der Waals surface area contributed by atoms with Crippen molar-refractivity contribution < 1.29 is 0 Å². The van der Waals surface area contributed by atoms with E-state index in [-0.39, 0.29) is 0 Å². The zero-order chi connectivity index (χ0) is 37.5. The minimum absolute atomic E-state index is 1.12. The zero-order valence-electron chi connectivity index (χ0n) is 30.8. The number of hydrogen-bond donors (Lipinski definition) is 0. The molecule has 0 N–H and O–H groups in total. The van der Waals surface area contributed by atoms with Crippen LogP contribution in [0.4, 0.5) is 17.1 Å². The van der Waals surface area contributed by atoms with Gasteiger partial charge in [0.15, 0.2) is 0 Å². The normalized spacial score (nSPS) is 11.9. The summed E-state index contributed by atoms with van der Waals surface area (Å²) in [7, 11) is 0. The van der Waals surface area contributed by atoms with E-state index in [2.05, 4.69) is 205 Å². The van der Waals surface area contributed by atoms with Gasteiger partial charge in [-0.15, -0.1) is 22.7 Å². The van der Waals surface area contributed by atoms with E-state index in [4.69, 9.17) is 0 Å². The van der Waals surface area contributed by atoms with Gasteiger partial charge < -0.3 is 4.90 Å². The monoisotopic (exact) mass is 759 g/mol. The molecule has 0 fully saturated rings. The number of hydrogen-bond acceptors (Lipinski definition) is 3. The summed E-state index contributed by atoms with van der Waals surface area (Å²) in [5, 5.41) is 13.0. The highest BCUT2D eigenvalue weighted by Gasteiger charge is 2.18. The molecule has 0 atom stereocenters. The minimum Gasteiger partial charge on any atom is -0.310 e. The first-order valence-corrected chi connectivity index (χ1v) is 21.0. The van der Waals surface area contributed by atoms with Crippen LogP contribution in [0.2, 0.25) is 0 Å². The Morgan fingerprint density at radius 3 is 1.11 bits per heavy atom. The van der Waals surface area contributed by atoms with Crippen molar-refractivity contribution in [2.45, 2.75) is 0 Å². The van der Waals surface area contributed by atoms with Crippen LogP contribution in [0.25, 0.3) is 94.9 Å². The van der Waals surface area contributed by atoms with Crippen molar-refractivity contribution in [2.75, 3.05) is 4.90 Å². The van der Waals surface area contributed by atoms with E-state index in [1.165, 1.54) is 94.9 Å². The molecule has 2 aromatic heterocycles. The number of fused-ring (bicyclic) bond motifs is 12. The number of benzene rings is 10. The van der Waals surface area contributed by atoms with Gasteiger partial charge in [-0.25, -0.2) is 0 Å². The lowest BCUT2D eigenvalue weighted by molar-refractivity contribution is 1.29. The van der Waals surface area contributed by atoms with Crippen LogP contribution in [-0.4, -0.2) is 0 Å². The van der Waals surface area contributed by atoms with Crippen LogP contribution in [0.3, 0.4) is 0 Å². The Morgan fingerprint density at radius 1 is 0.263 bits per heavy atom. The molecule has 0 aliphatic carbocycles. The molecule has 12 aromatic rings. The molecule has 1 nitrogen and oxygen atoms in total. The van der Waals surface area contributed by atoms with Gasteiger partial charge in [0.05, 0.1) is 0 Å². The second-order valence-electron chi connectivity index (χ2n) is 14.8. The van der Waals surface area contributed by atoms with E-state index in [0.29, 0.717) is 0 Å². The Morgan fingerprint density at radius 2 is 0.632 bits per heavy atom. The maximum absolute atomic E-state index is 2.41. The predicted molar refractivity (Wildman–Crippen MR) is 250 cm³/mol. The summed E-state index contributed by atoms with van der Waals surface area (Å²) in [6.45, 7) is 0. The third kappa shape index (κ3) is 5.13. The van der Waals surface area contributed by atoms with Crippen molar-refractivity contribution in [3.8, 4) is 22.3 Å². The SMILES string of the molecule is c1ccc2c(c1)sc1cccc(-c3ccc(N(c4ccc(-c5cccc6sc7ccccc7c56)cc4)c4ccc5c6ccccc6c6ccccc6c5c4)cc3)c12. The molecule has 0 unspecified atom stereocenters. The Balaban J connectivity index is 1.03. The summed E-state index contributed by atoms with van der Waals surface area (Å²) < 4.78 is 5.29. The first kappa shape index (κ1) is 32.5. The van der Waals surface area contributed by atoms with Gasteiger partial charge in [-0.3, -0.25) is 0 Å². The highest BCUT2D eigenvalue weighted by Crippen LogP contribution is 2.45. The molecule has 57 heavy (non-hydrogen) atoms. The molecule has 0 saturated heterocycles. The molecule has 0 amide bonds. The summed E-state index contributed by atoms with van der Waals surface area (Å²) >= 11 is 3.74. The third-order valence-corrected chi connectivity index (χ3v) is 13.9. The van der Waals surface area contributed by atoms with Gasteiger partial charge in [0, 0.05) is 57.4 Å². The number of rotatable bonds is 5. The van der Waals surface area contributed by atoms with Gasteiger partial charge in [-0.2, -0.15) is 0 Å². The van der Waals surface area contributed by atoms with Crippen molar-refractivity contribution in [1.29, 1.82) is 0 Å². The van der Waals surface area contributed by atoms with Gasteiger partial charge >= 0.3 is 0 Å². The molecular weight excluding hydrogens is 727 g/mol. The smallest absolute Gasteiger partial charge is 0.0468 e. The topological polar surface area (TPSA) is 3.24 Å². The fourth-order valence-electron chi connectivity index (χ4n) is 9.09. The van der Waals surface area contributed by atoms with Gasteiger partial charge in [-0.1, -0.05) is 140 Å². The molecule has 0 saturated carbocycles. The lowest BCUT2D eigenvalue weighted by atomic mass is 9.94. The molecule has 10 aromatic carbocycles. The van der Waals surface area contributed by atoms with Crippen LogP contribution in [0.1, 0.15) is 0 Å². The molecule has 2 heterocycles. The maximum atomic E-state index is 2.41. The molecule has 0 radical (unpaired) electrons. The van der Waals surface area contributed by atoms with Crippen molar-refractivity contribution in [3.63, 3.8) is 0 Å². The second kappa shape index (κ2) is 12.9. The summed E-state index contributed by atoms with van der Waals surface area (Å²) in [5.74, 6) is 0. The molecule has 3 heteroatoms. The Hall–Kier alpha value is -6.78. The summed E-state index contributed by atoms with van der Waals surface area (Å²) in [6.07, 6.45) is 0. The molecule has 266 valence electrons. The summed E-state index contributed by atoms with van der Waals surface area (Å²) in [5.41, 5.74) is 8.33. The van der Waals surface area contributed by atoms with Crippen molar-refractivity contribution in [2.24, 2.45) is 0 Å². The number of thiophene rings is 2. The van der Waals surface area contributed by atoms with E-state index in [0.717, 1.165) is 17.1 Å². The lowest BCUT2D eigenvalue weighted by Crippen LogP contribution is -2.10. The van der Waals surface area contributed by atoms with Crippen molar-refractivity contribution in [1.82, 2.24) is 0 Å². The van der Waals surface area contributed by atoms with Crippen LogP contribution in [0, 0.1) is 0 Å². The average Bonchev–Trinajstić information content (AvgIpc) is 3.86. The van der Waals surface area contributed by atoms with Crippen LogP contribution in [-0.2, 0) is 0 Å². The highest BCUT2D eigenvalue weighted by molar-refractivity contribution is 7.26. The van der Waals surface area contributed by atoms with Gasteiger partial charge in [0.25, 0.3) is 0 Å². The molecule has 0 spiro atoms. The first-order chi connectivity index (χ1) is 28.3. The maximum Gasteiger partial charge on any atom is 0.0468 e. The van der Waals surface area contributed by atoms with Crippen LogP contribution >= 0.6 is 22.7 Å². The van der Waals surface area contributed by atoms with E-state index in [9.17, 15) is 0 Å². The molecule has 0 bridgehead atoms. The number of nitrogens with zero attached hydrogens (tertiary/aromatic N) is 1. The fourth-order valence-corrected chi connectivity index (χ4v) is 11.4. The lowest BCUT2D eigenvalue weighted by Gasteiger charge is -2.27. The standard InChI is InChI=1S/C54H33NS2/c1-2-13-43-41(11-1)42-12-3-4-14-44(42)48-33-38(31-32-45(43)48)55(36-27-23-34(24-28-36)39-17-9-21-51-53(39)46-15-5-7-19-49(46)56-51)37-29-25-35(26-30-37)40-18-10-22-52-54(40)47-16-6-8-20-50(47)57-52/h1-33H. The second-order valence-corrected chi connectivity index (χ2v) is 17.0. The van der Waals surface area contributed by atoms with E-state index < -0.39 is 0 Å². The Labute approximate surface area is 337 Å². The summed E-state index contributed by atoms with van der Waals surface area (Å²) in [4.78, 5) is 2.41. The highest BCUT2D eigenvalue weighted by atomic mass is 32.1. The Kier molecular flexibility index (Phi) is 7.34. The van der Waals surface area contributed by atoms with E-state index in [1.54, 1.807) is 0 Å². The van der Waals surface area contributed by atoms with Gasteiger partial charge in [-0.05, 0) is 115 Å². The largest absolute Gasteiger partial charge is 0.310 e. The first-order valence-electron chi connectivity index (χ1n) is 19.4. The molecular formula is C54H33NS2. The van der Waals surface area contributed by atoms with Gasteiger partial charge in [0.2, 0.25) is 0 Å². The van der Waals surface area contributed by atoms with Crippen LogP contribution in [0.5, 0.6) is 0 Å². The number of anilines is 3. The van der Waals surface area contributed by atoms with Gasteiger partial charge in [0.1, 0.15) is 0 Å². The Bertz CT molecular complexity index is 3330. The zero-order valence-corrected chi connectivity index (χ0v) is 32.4. The average molecular weight is 760 g/mol. The molecule has 0 aliphatic heterocycles. The summed E-state index contributed by atoms with van der Waals surface area (Å²) in [6, 6.07) is 73.9. The van der Waals surface area contributed by atoms with Crippen LogP contribution in [0.15, 0.2) is 200 Å². The fraction of sp³-hybridized carbons (Fsp3) is 0. The van der Waals surface area contributed by atoms with Crippen LogP contribution < -0.4 is 4.90 Å².